The topological polar surface area (TPSA) is 99.3 Å². The highest BCUT2D eigenvalue weighted by Crippen LogP contribution is 2.22. The Morgan fingerprint density at radius 3 is 2.64 bits per heavy atom. The average Bonchev–Trinajstić information content (AvgIpc) is 3.09. The number of carbonyl (C=O) groups is 1. The van der Waals surface area contributed by atoms with Gasteiger partial charge in [0.25, 0.3) is 5.91 Å². The third kappa shape index (κ3) is 3.95. The molecule has 2 N–H and O–H groups in total. The number of nitrogens with zero attached hydrogens (tertiary/aromatic N) is 1. The lowest BCUT2D eigenvalue weighted by atomic mass is 10.1. The summed E-state index contributed by atoms with van der Waals surface area (Å²) in [6.45, 7) is 2.25. The first kappa shape index (κ1) is 18.1. The molecule has 1 aliphatic carbocycles. The van der Waals surface area contributed by atoms with E-state index < -0.39 is 21.2 Å². The largest absolute Gasteiger partial charge is 0.366 e. The Morgan fingerprint density at radius 1 is 1.20 bits per heavy atom. The number of H-pyrrole nitrogens is 1. The van der Waals surface area contributed by atoms with E-state index in [2.05, 4.69) is 9.71 Å². The highest BCUT2D eigenvalue weighted by Gasteiger charge is 2.35. The summed E-state index contributed by atoms with van der Waals surface area (Å²) < 4.78 is 28.1. The van der Waals surface area contributed by atoms with Crippen molar-refractivity contribution in [1.29, 1.82) is 0 Å². The van der Waals surface area contributed by atoms with E-state index in [1.807, 2.05) is 0 Å². The number of nitrogens with one attached hydrogen (secondary N) is 2. The molecule has 1 saturated heterocycles. The summed E-state index contributed by atoms with van der Waals surface area (Å²) in [7, 11) is -3.46. The number of aromatic amines is 1. The maximum atomic E-state index is 12.7. The molecule has 1 unspecified atom stereocenters. The van der Waals surface area contributed by atoms with Crippen molar-refractivity contribution < 1.29 is 13.2 Å². The van der Waals surface area contributed by atoms with E-state index in [0.717, 1.165) is 25.7 Å². The number of amides is 1. The Bertz CT molecular complexity index is 796. The number of rotatable bonds is 4. The molecule has 1 saturated carbocycles. The monoisotopic (exact) mass is 367 g/mol. The van der Waals surface area contributed by atoms with Gasteiger partial charge < -0.3 is 9.88 Å². The van der Waals surface area contributed by atoms with Crippen LogP contribution in [0.5, 0.6) is 0 Å². The van der Waals surface area contributed by atoms with Crippen LogP contribution in [-0.4, -0.2) is 48.6 Å². The van der Waals surface area contributed by atoms with Gasteiger partial charge in [0.2, 0.25) is 10.0 Å². The number of aromatic nitrogens is 1. The SMILES string of the molecule is Cc1c[nH]cc(C(=O)N2CCCC(S(=O)(=O)NC3CCCC3)C2)c1=O. The van der Waals surface area contributed by atoms with Gasteiger partial charge in [-0.05, 0) is 32.6 Å². The zero-order valence-electron chi connectivity index (χ0n) is 14.5. The molecule has 3 rings (SSSR count). The molecule has 2 aliphatic rings. The van der Waals surface area contributed by atoms with E-state index in [1.54, 1.807) is 13.1 Å². The van der Waals surface area contributed by atoms with Gasteiger partial charge in [-0.2, -0.15) is 0 Å². The minimum absolute atomic E-state index is 0.0238. The Morgan fingerprint density at radius 2 is 1.92 bits per heavy atom. The molecule has 8 heteroatoms. The molecule has 7 nitrogen and oxygen atoms in total. The normalized spacial score (nSPS) is 22.3. The number of sulfonamides is 1. The summed E-state index contributed by atoms with van der Waals surface area (Å²) in [6, 6.07) is 0.0238. The van der Waals surface area contributed by atoms with Gasteiger partial charge in [-0.25, -0.2) is 13.1 Å². The molecule has 1 atom stereocenters. The quantitative estimate of drug-likeness (QED) is 0.834. The lowest BCUT2D eigenvalue weighted by Crippen LogP contribution is -2.50. The van der Waals surface area contributed by atoms with E-state index >= 15 is 0 Å². The van der Waals surface area contributed by atoms with Crippen molar-refractivity contribution in [1.82, 2.24) is 14.6 Å². The van der Waals surface area contributed by atoms with Gasteiger partial charge in [-0.3, -0.25) is 9.59 Å². The number of likely N-dealkylation sites (tertiary alicyclic amines) is 1. The molecule has 1 amide bonds. The van der Waals surface area contributed by atoms with Crippen LogP contribution in [0.4, 0.5) is 0 Å². The van der Waals surface area contributed by atoms with Gasteiger partial charge in [0.05, 0.1) is 5.25 Å². The molecular weight excluding hydrogens is 342 g/mol. The van der Waals surface area contributed by atoms with E-state index in [1.165, 1.54) is 11.1 Å². The predicted octanol–water partition coefficient (Wildman–Crippen LogP) is 1.15. The Labute approximate surface area is 147 Å². The highest BCUT2D eigenvalue weighted by molar-refractivity contribution is 7.90. The van der Waals surface area contributed by atoms with Gasteiger partial charge in [-0.15, -0.1) is 0 Å². The molecule has 138 valence electrons. The average molecular weight is 367 g/mol. The number of piperidine rings is 1. The molecule has 0 aromatic carbocycles. The van der Waals surface area contributed by atoms with Crippen LogP contribution >= 0.6 is 0 Å². The van der Waals surface area contributed by atoms with Crippen LogP contribution in [0.25, 0.3) is 0 Å². The van der Waals surface area contributed by atoms with Crippen LogP contribution in [-0.2, 0) is 10.0 Å². The fraction of sp³-hybridized carbons (Fsp3) is 0.647. The van der Waals surface area contributed by atoms with Crippen LogP contribution in [0.2, 0.25) is 0 Å². The fourth-order valence-electron chi connectivity index (χ4n) is 3.67. The van der Waals surface area contributed by atoms with Crippen LogP contribution < -0.4 is 10.2 Å². The second-order valence-corrected chi connectivity index (χ2v) is 9.03. The summed E-state index contributed by atoms with van der Waals surface area (Å²) in [5, 5.41) is -0.616. The number of hydrogen-bond acceptors (Lipinski definition) is 4. The number of carbonyl (C=O) groups excluding carboxylic acids is 1. The molecule has 1 aliphatic heterocycles. The standard InChI is InChI=1S/C17H25N3O4S/c1-12-9-18-10-15(16(12)21)17(22)20-8-4-7-14(11-20)25(23,24)19-13-5-2-3-6-13/h9-10,13-14,19H,2-8,11H2,1H3,(H,18,21). The van der Waals surface area contributed by atoms with Gasteiger partial charge >= 0.3 is 0 Å². The van der Waals surface area contributed by atoms with Crippen molar-refractivity contribution in [3.63, 3.8) is 0 Å². The summed E-state index contributed by atoms with van der Waals surface area (Å²) in [5.41, 5.74) is 0.231. The number of pyridine rings is 1. The Kier molecular flexibility index (Phi) is 5.29. The Balaban J connectivity index is 1.73. The first-order valence-electron chi connectivity index (χ1n) is 8.86. The lowest BCUT2D eigenvalue weighted by molar-refractivity contribution is 0.0725. The second-order valence-electron chi connectivity index (χ2n) is 7.04. The summed E-state index contributed by atoms with van der Waals surface area (Å²) in [6.07, 6.45) is 7.97. The summed E-state index contributed by atoms with van der Waals surface area (Å²) >= 11 is 0. The minimum atomic E-state index is -3.46. The minimum Gasteiger partial charge on any atom is -0.366 e. The molecule has 1 aromatic rings. The zero-order chi connectivity index (χ0) is 18.0. The maximum Gasteiger partial charge on any atom is 0.259 e. The van der Waals surface area contributed by atoms with E-state index in [4.69, 9.17) is 0 Å². The van der Waals surface area contributed by atoms with Crippen molar-refractivity contribution in [2.24, 2.45) is 0 Å². The Hall–Kier alpha value is -1.67. The van der Waals surface area contributed by atoms with Crippen LogP contribution in [0, 0.1) is 6.92 Å². The smallest absolute Gasteiger partial charge is 0.259 e. The van der Waals surface area contributed by atoms with Crippen molar-refractivity contribution >= 4 is 15.9 Å². The molecule has 0 spiro atoms. The van der Waals surface area contributed by atoms with Gasteiger partial charge in [0, 0.05) is 37.1 Å². The first-order chi connectivity index (χ1) is 11.9. The second kappa shape index (κ2) is 7.29. The third-order valence-electron chi connectivity index (χ3n) is 5.15. The van der Waals surface area contributed by atoms with Gasteiger partial charge in [0.15, 0.2) is 5.43 Å². The molecule has 2 fully saturated rings. The van der Waals surface area contributed by atoms with E-state index in [0.29, 0.717) is 24.9 Å². The fourth-order valence-corrected chi connectivity index (χ4v) is 5.42. The van der Waals surface area contributed by atoms with Crippen LogP contribution in [0.3, 0.4) is 0 Å². The first-order valence-corrected chi connectivity index (χ1v) is 10.4. The number of hydrogen-bond donors (Lipinski definition) is 2. The van der Waals surface area contributed by atoms with Crippen molar-refractivity contribution in [2.45, 2.75) is 56.7 Å². The van der Waals surface area contributed by atoms with Crippen LogP contribution in [0.15, 0.2) is 17.2 Å². The molecule has 0 radical (unpaired) electrons. The van der Waals surface area contributed by atoms with Gasteiger partial charge in [-0.1, -0.05) is 12.8 Å². The van der Waals surface area contributed by atoms with Gasteiger partial charge in [0.1, 0.15) is 5.56 Å². The molecular formula is C17H25N3O4S. The maximum absolute atomic E-state index is 12.7. The third-order valence-corrected chi connectivity index (χ3v) is 7.08. The summed E-state index contributed by atoms with van der Waals surface area (Å²) in [4.78, 5) is 29.1. The van der Waals surface area contributed by atoms with Crippen molar-refractivity contribution in [2.75, 3.05) is 13.1 Å². The molecule has 25 heavy (non-hydrogen) atoms. The van der Waals surface area contributed by atoms with E-state index in [9.17, 15) is 18.0 Å². The highest BCUT2D eigenvalue weighted by atomic mass is 32.2. The van der Waals surface area contributed by atoms with Crippen molar-refractivity contribution in [3.8, 4) is 0 Å². The molecule has 1 aromatic heterocycles. The lowest BCUT2D eigenvalue weighted by Gasteiger charge is -2.33. The predicted molar refractivity (Wildman–Crippen MR) is 95.0 cm³/mol. The van der Waals surface area contributed by atoms with E-state index in [-0.39, 0.29) is 23.6 Å². The summed E-state index contributed by atoms with van der Waals surface area (Å²) in [5.74, 6) is -0.397. The molecule has 2 heterocycles. The number of aryl methyl sites for hydroxylation is 1. The zero-order valence-corrected chi connectivity index (χ0v) is 15.3. The molecule has 0 bridgehead atoms. The van der Waals surface area contributed by atoms with Crippen LogP contribution in [0.1, 0.15) is 54.4 Å². The van der Waals surface area contributed by atoms with Crippen molar-refractivity contribution in [3.05, 3.63) is 33.7 Å².